The molecule has 2 aromatic carbocycles. The van der Waals surface area contributed by atoms with Crippen LogP contribution in [0, 0.1) is 13.8 Å². The second-order valence-electron chi connectivity index (χ2n) is 12.9. The summed E-state index contributed by atoms with van der Waals surface area (Å²) >= 11 is 0. The number of fused-ring (bicyclic) bond motifs is 1. The Morgan fingerprint density at radius 3 is 2.44 bits per heavy atom. The molecule has 1 aliphatic heterocycles. The van der Waals surface area contributed by atoms with Gasteiger partial charge in [0.25, 0.3) is 5.91 Å². The number of likely N-dealkylation sites (tertiary alicyclic amines) is 1. The van der Waals surface area contributed by atoms with Crippen molar-refractivity contribution < 1.29 is 4.79 Å². The number of carbonyl (C=O) groups excluding carboxylic acids is 1. The van der Waals surface area contributed by atoms with Crippen LogP contribution in [0.2, 0.25) is 0 Å². The van der Waals surface area contributed by atoms with E-state index in [0.717, 1.165) is 65.4 Å². The molecule has 0 N–H and O–H groups in total. The largest absolute Gasteiger partial charge is 0.332 e. The molecule has 1 aliphatic rings. The third-order valence-electron chi connectivity index (χ3n) is 9.42. The van der Waals surface area contributed by atoms with Crippen molar-refractivity contribution in [1.82, 2.24) is 29.3 Å². The van der Waals surface area contributed by atoms with Crippen LogP contribution >= 0.6 is 0 Å². The SMILES string of the molecule is CC[C@@H](C)N(CC=Cc1cccc(C(=CCN2CCCC2)c2ccc(C)cc2)n1)C(=O)c1ccc(Cn2c(C)nc3cnccc32)cc1. The van der Waals surface area contributed by atoms with Crippen molar-refractivity contribution in [1.29, 1.82) is 0 Å². The highest BCUT2D eigenvalue weighted by Gasteiger charge is 2.20. The molecule has 0 aliphatic carbocycles. The van der Waals surface area contributed by atoms with E-state index in [9.17, 15) is 4.79 Å². The summed E-state index contributed by atoms with van der Waals surface area (Å²) in [6.07, 6.45) is 13.4. The van der Waals surface area contributed by atoms with Crippen LogP contribution in [0.4, 0.5) is 0 Å². The van der Waals surface area contributed by atoms with E-state index in [0.29, 0.717) is 18.7 Å². The fourth-order valence-corrected chi connectivity index (χ4v) is 6.36. The fourth-order valence-electron chi connectivity index (χ4n) is 6.36. The Morgan fingerprint density at radius 1 is 0.938 bits per heavy atom. The maximum absolute atomic E-state index is 13.8. The normalized spacial score (nSPS) is 14.6. The zero-order valence-corrected chi connectivity index (χ0v) is 28.6. The molecule has 7 nitrogen and oxygen atoms in total. The number of amides is 1. The van der Waals surface area contributed by atoms with E-state index in [-0.39, 0.29) is 11.9 Å². The molecule has 48 heavy (non-hydrogen) atoms. The lowest BCUT2D eigenvalue weighted by atomic mass is 10.00. The number of pyridine rings is 2. The average molecular weight is 639 g/mol. The first-order valence-electron chi connectivity index (χ1n) is 17.2. The Balaban J connectivity index is 1.16. The van der Waals surface area contributed by atoms with Gasteiger partial charge in [0.05, 0.1) is 23.1 Å². The van der Waals surface area contributed by atoms with Gasteiger partial charge in [0.2, 0.25) is 0 Å². The summed E-state index contributed by atoms with van der Waals surface area (Å²) in [6.45, 7) is 12.8. The molecule has 1 saturated heterocycles. The Kier molecular flexibility index (Phi) is 10.6. The third kappa shape index (κ3) is 7.80. The molecule has 0 spiro atoms. The molecule has 5 aromatic rings. The fraction of sp³-hybridized carbons (Fsp3) is 0.317. The van der Waals surface area contributed by atoms with Crippen molar-refractivity contribution in [2.24, 2.45) is 0 Å². The molecule has 0 saturated carbocycles. The highest BCUT2D eigenvalue weighted by atomic mass is 16.2. The molecular formula is C41H46N6O. The highest BCUT2D eigenvalue weighted by Crippen LogP contribution is 2.24. The summed E-state index contributed by atoms with van der Waals surface area (Å²) in [6, 6.07) is 25.0. The molecule has 4 heterocycles. The van der Waals surface area contributed by atoms with E-state index in [2.05, 4.69) is 88.8 Å². The Morgan fingerprint density at radius 2 is 1.69 bits per heavy atom. The van der Waals surface area contributed by atoms with Crippen LogP contribution in [0.5, 0.6) is 0 Å². The second-order valence-corrected chi connectivity index (χ2v) is 12.9. The van der Waals surface area contributed by atoms with Gasteiger partial charge in [-0.25, -0.2) is 9.97 Å². The topological polar surface area (TPSA) is 67.2 Å². The van der Waals surface area contributed by atoms with Gasteiger partial charge in [-0.15, -0.1) is 0 Å². The first-order chi connectivity index (χ1) is 23.4. The smallest absolute Gasteiger partial charge is 0.254 e. The monoisotopic (exact) mass is 638 g/mol. The number of hydrogen-bond donors (Lipinski definition) is 0. The standard InChI is InChI=1S/C41H46N6O/c1-5-31(3)46(41(48)35-19-15-33(16-20-35)29-47-32(4)43-39-28-42-23-21-40(39)47)26-9-11-36-10-8-12-38(44-36)37(22-27-45-24-6-7-25-45)34-17-13-30(2)14-18-34/h8-23,28,31H,5-7,24-27,29H2,1-4H3/t31-/m1/s1. The van der Waals surface area contributed by atoms with E-state index < -0.39 is 0 Å². The van der Waals surface area contributed by atoms with Crippen LogP contribution in [-0.4, -0.2) is 67.4 Å². The lowest BCUT2D eigenvalue weighted by molar-refractivity contribution is 0.0713. The van der Waals surface area contributed by atoms with Gasteiger partial charge in [0.1, 0.15) is 11.3 Å². The van der Waals surface area contributed by atoms with Crippen molar-refractivity contribution in [3.8, 4) is 0 Å². The van der Waals surface area contributed by atoms with Gasteiger partial charge in [-0.1, -0.05) is 67.1 Å². The molecule has 1 amide bonds. The third-order valence-corrected chi connectivity index (χ3v) is 9.42. The Labute approximate surface area is 284 Å². The van der Waals surface area contributed by atoms with Gasteiger partial charge in [-0.05, 0) is 101 Å². The lowest BCUT2D eigenvalue weighted by Crippen LogP contribution is -2.38. The first-order valence-corrected chi connectivity index (χ1v) is 17.2. The Bertz CT molecular complexity index is 1900. The molecule has 1 atom stereocenters. The molecule has 0 radical (unpaired) electrons. The van der Waals surface area contributed by atoms with Crippen molar-refractivity contribution in [3.05, 3.63) is 137 Å². The summed E-state index contributed by atoms with van der Waals surface area (Å²) in [5.74, 6) is 0.974. The zero-order chi connectivity index (χ0) is 33.5. The van der Waals surface area contributed by atoms with Crippen LogP contribution in [0.25, 0.3) is 22.7 Å². The summed E-state index contributed by atoms with van der Waals surface area (Å²) in [4.78, 5) is 32.1. The number of hydrogen-bond acceptors (Lipinski definition) is 5. The minimum atomic E-state index is 0.0316. The van der Waals surface area contributed by atoms with Crippen LogP contribution < -0.4 is 0 Å². The number of rotatable bonds is 12. The van der Waals surface area contributed by atoms with E-state index >= 15 is 0 Å². The predicted molar refractivity (Wildman–Crippen MR) is 196 cm³/mol. The molecule has 246 valence electrons. The number of benzene rings is 2. The van der Waals surface area contributed by atoms with E-state index in [1.807, 2.05) is 54.3 Å². The number of carbonyl (C=O) groups is 1. The van der Waals surface area contributed by atoms with Crippen LogP contribution in [0.1, 0.15) is 77.4 Å². The molecule has 0 bridgehead atoms. The maximum atomic E-state index is 13.8. The molecule has 1 fully saturated rings. The van der Waals surface area contributed by atoms with Crippen LogP contribution in [0.15, 0.2) is 97.3 Å². The number of aryl methyl sites for hydroxylation is 2. The van der Waals surface area contributed by atoms with Gasteiger partial charge in [0, 0.05) is 43.0 Å². The van der Waals surface area contributed by atoms with Crippen molar-refractivity contribution in [2.75, 3.05) is 26.2 Å². The summed E-state index contributed by atoms with van der Waals surface area (Å²) in [5, 5.41) is 0. The first kappa shape index (κ1) is 33.0. The summed E-state index contributed by atoms with van der Waals surface area (Å²) < 4.78 is 2.18. The molecular weight excluding hydrogens is 592 g/mol. The number of imidazole rings is 1. The predicted octanol–water partition coefficient (Wildman–Crippen LogP) is 7.97. The van der Waals surface area contributed by atoms with Gasteiger partial charge in [-0.3, -0.25) is 14.7 Å². The summed E-state index contributed by atoms with van der Waals surface area (Å²) in [5.41, 5.74) is 9.18. The van der Waals surface area contributed by atoms with E-state index in [1.165, 1.54) is 24.0 Å². The lowest BCUT2D eigenvalue weighted by Gasteiger charge is -2.27. The quantitative estimate of drug-likeness (QED) is 0.139. The summed E-state index contributed by atoms with van der Waals surface area (Å²) in [7, 11) is 0. The minimum absolute atomic E-state index is 0.0316. The maximum Gasteiger partial charge on any atom is 0.254 e. The van der Waals surface area contributed by atoms with Gasteiger partial charge in [0.15, 0.2) is 0 Å². The minimum Gasteiger partial charge on any atom is -0.332 e. The van der Waals surface area contributed by atoms with E-state index in [4.69, 9.17) is 4.98 Å². The number of aromatic nitrogens is 4. The van der Waals surface area contributed by atoms with Crippen LogP contribution in [0.3, 0.4) is 0 Å². The number of nitrogens with zero attached hydrogens (tertiary/aromatic N) is 6. The van der Waals surface area contributed by atoms with E-state index in [1.54, 1.807) is 12.4 Å². The van der Waals surface area contributed by atoms with Crippen molar-refractivity contribution in [2.45, 2.75) is 59.5 Å². The van der Waals surface area contributed by atoms with Gasteiger partial charge in [-0.2, -0.15) is 0 Å². The molecule has 3 aromatic heterocycles. The molecule has 7 heteroatoms. The average Bonchev–Trinajstić information content (AvgIpc) is 3.75. The second kappa shape index (κ2) is 15.3. The van der Waals surface area contributed by atoms with Crippen molar-refractivity contribution >= 4 is 28.6 Å². The molecule has 6 rings (SSSR count). The van der Waals surface area contributed by atoms with Crippen molar-refractivity contribution in [3.63, 3.8) is 0 Å². The zero-order valence-electron chi connectivity index (χ0n) is 28.6. The molecule has 0 unspecified atom stereocenters. The van der Waals surface area contributed by atoms with Crippen LogP contribution in [-0.2, 0) is 6.54 Å². The van der Waals surface area contributed by atoms with Gasteiger partial charge >= 0.3 is 0 Å². The Hall–Kier alpha value is -4.88. The highest BCUT2D eigenvalue weighted by molar-refractivity contribution is 5.94. The van der Waals surface area contributed by atoms with Gasteiger partial charge < -0.3 is 9.47 Å².